The van der Waals surface area contributed by atoms with Gasteiger partial charge >= 0.3 is 0 Å². The molecule has 19 heavy (non-hydrogen) atoms. The Morgan fingerprint density at radius 2 is 2.05 bits per heavy atom. The molecule has 0 aliphatic carbocycles. The molecule has 3 nitrogen and oxygen atoms in total. The smallest absolute Gasteiger partial charge is 0.150 e. The molecule has 0 spiro atoms. The van der Waals surface area contributed by atoms with Crippen molar-refractivity contribution in [2.24, 2.45) is 5.73 Å². The van der Waals surface area contributed by atoms with Gasteiger partial charge in [-0.15, -0.1) is 0 Å². The Balaban J connectivity index is 2.36. The van der Waals surface area contributed by atoms with Crippen LogP contribution in [0.15, 0.2) is 34.9 Å². The van der Waals surface area contributed by atoms with Crippen LogP contribution >= 0.6 is 28.1 Å². The molecule has 1 aromatic heterocycles. The maximum atomic E-state index is 13.6. The summed E-state index contributed by atoms with van der Waals surface area (Å²) in [5.41, 5.74) is 6.19. The summed E-state index contributed by atoms with van der Waals surface area (Å²) in [7, 11) is 0. The number of nitrogens with two attached hydrogens (primary N) is 1. The fraction of sp³-hybridized carbons (Fsp3) is 0. The summed E-state index contributed by atoms with van der Waals surface area (Å²) in [6.07, 6.45) is 1.49. The number of halogens is 3. The van der Waals surface area contributed by atoms with Crippen LogP contribution in [0.5, 0.6) is 0 Å². The van der Waals surface area contributed by atoms with Crippen molar-refractivity contribution in [2.75, 3.05) is 5.32 Å². The largest absolute Gasteiger partial charge is 0.389 e. The quantitative estimate of drug-likeness (QED) is 0.837. The third-order valence-corrected chi connectivity index (χ3v) is 3.17. The van der Waals surface area contributed by atoms with Crippen LogP contribution in [0.2, 0.25) is 0 Å². The van der Waals surface area contributed by atoms with Gasteiger partial charge < -0.3 is 11.1 Å². The van der Waals surface area contributed by atoms with Gasteiger partial charge in [-0.25, -0.2) is 13.8 Å². The van der Waals surface area contributed by atoms with Crippen LogP contribution in [0, 0.1) is 11.6 Å². The van der Waals surface area contributed by atoms with Gasteiger partial charge in [0.15, 0.2) is 5.82 Å². The summed E-state index contributed by atoms with van der Waals surface area (Å²) in [6.45, 7) is 0. The van der Waals surface area contributed by atoms with Crippen LogP contribution in [0.25, 0.3) is 0 Å². The summed E-state index contributed by atoms with van der Waals surface area (Å²) in [5.74, 6) is -1.04. The fourth-order valence-corrected chi connectivity index (χ4v) is 2.08. The van der Waals surface area contributed by atoms with Crippen LogP contribution in [0.4, 0.5) is 20.3 Å². The Labute approximate surface area is 122 Å². The van der Waals surface area contributed by atoms with E-state index in [1.165, 1.54) is 6.20 Å². The molecule has 2 rings (SSSR count). The highest BCUT2D eigenvalue weighted by Gasteiger charge is 2.10. The van der Waals surface area contributed by atoms with E-state index in [-0.39, 0.29) is 15.1 Å². The fourth-order valence-electron chi connectivity index (χ4n) is 1.44. The van der Waals surface area contributed by atoms with Crippen molar-refractivity contribution in [3.8, 4) is 0 Å². The van der Waals surface area contributed by atoms with Gasteiger partial charge in [-0.1, -0.05) is 12.2 Å². The molecule has 0 radical (unpaired) electrons. The number of rotatable bonds is 3. The molecule has 0 unspecified atom stereocenters. The lowest BCUT2D eigenvalue weighted by Crippen LogP contribution is -2.10. The molecular formula is C12H8BrF2N3S. The molecule has 3 N–H and O–H groups in total. The summed E-state index contributed by atoms with van der Waals surface area (Å²) >= 11 is 7.93. The molecule has 2 aromatic rings. The first-order valence-corrected chi connectivity index (χ1v) is 6.35. The second kappa shape index (κ2) is 5.58. The first-order chi connectivity index (χ1) is 8.97. The molecule has 0 aliphatic rings. The van der Waals surface area contributed by atoms with Gasteiger partial charge in [-0.3, -0.25) is 0 Å². The van der Waals surface area contributed by atoms with Gasteiger partial charge in [0.2, 0.25) is 0 Å². The van der Waals surface area contributed by atoms with Crippen molar-refractivity contribution in [1.29, 1.82) is 0 Å². The number of hydrogen-bond acceptors (Lipinski definition) is 3. The molecule has 1 aromatic carbocycles. The Bertz CT molecular complexity index is 626. The van der Waals surface area contributed by atoms with Crippen molar-refractivity contribution in [3.63, 3.8) is 0 Å². The number of nitrogens with zero attached hydrogens (tertiary/aromatic N) is 1. The zero-order chi connectivity index (χ0) is 14.0. The third kappa shape index (κ3) is 3.24. The molecule has 0 saturated carbocycles. The molecule has 1 heterocycles. The van der Waals surface area contributed by atoms with Gasteiger partial charge in [-0.2, -0.15) is 0 Å². The van der Waals surface area contributed by atoms with E-state index < -0.39 is 11.6 Å². The number of anilines is 2. The summed E-state index contributed by atoms with van der Waals surface area (Å²) in [6, 6.07) is 5.16. The molecule has 0 fully saturated rings. The minimum atomic E-state index is -0.727. The summed E-state index contributed by atoms with van der Waals surface area (Å²) in [5, 5.41) is 2.75. The van der Waals surface area contributed by atoms with E-state index in [1.54, 1.807) is 12.1 Å². The lowest BCUT2D eigenvalue weighted by Gasteiger charge is -2.10. The summed E-state index contributed by atoms with van der Waals surface area (Å²) in [4.78, 5) is 4.23. The minimum absolute atomic E-state index is 0.0917. The van der Waals surface area contributed by atoms with E-state index in [1.807, 2.05) is 0 Å². The Morgan fingerprint density at radius 1 is 1.32 bits per heavy atom. The molecule has 0 bridgehead atoms. The minimum Gasteiger partial charge on any atom is -0.389 e. The van der Waals surface area contributed by atoms with Gasteiger partial charge in [0.05, 0.1) is 5.69 Å². The van der Waals surface area contributed by atoms with Crippen molar-refractivity contribution < 1.29 is 8.78 Å². The van der Waals surface area contributed by atoms with E-state index in [2.05, 4.69) is 26.2 Å². The van der Waals surface area contributed by atoms with E-state index >= 15 is 0 Å². The molecule has 7 heteroatoms. The van der Waals surface area contributed by atoms with Gasteiger partial charge in [0, 0.05) is 22.3 Å². The predicted octanol–water partition coefficient (Wildman–Crippen LogP) is 3.50. The highest BCUT2D eigenvalue weighted by atomic mass is 79.9. The first kappa shape index (κ1) is 13.8. The van der Waals surface area contributed by atoms with Crippen LogP contribution in [0.1, 0.15) is 5.56 Å². The maximum absolute atomic E-state index is 13.6. The SMILES string of the molecule is NC(=S)c1ccnc(Nc2c(F)cc(F)cc2Br)c1. The highest BCUT2D eigenvalue weighted by Crippen LogP contribution is 2.29. The number of pyridine rings is 1. The number of benzene rings is 1. The predicted molar refractivity (Wildman–Crippen MR) is 77.5 cm³/mol. The van der Waals surface area contributed by atoms with E-state index in [0.29, 0.717) is 11.4 Å². The second-order valence-electron chi connectivity index (χ2n) is 3.66. The van der Waals surface area contributed by atoms with Crippen LogP contribution in [-0.4, -0.2) is 9.97 Å². The normalized spacial score (nSPS) is 10.3. The zero-order valence-electron chi connectivity index (χ0n) is 9.45. The van der Waals surface area contributed by atoms with E-state index in [9.17, 15) is 8.78 Å². The highest BCUT2D eigenvalue weighted by molar-refractivity contribution is 9.10. The lowest BCUT2D eigenvalue weighted by molar-refractivity contribution is 0.584. The Morgan fingerprint density at radius 3 is 2.68 bits per heavy atom. The standard InChI is InChI=1S/C12H8BrF2N3S/c13-8-4-7(14)5-9(15)11(8)18-10-3-6(12(16)19)1-2-17-10/h1-5H,(H2,16,19)(H,17,18). The maximum Gasteiger partial charge on any atom is 0.150 e. The van der Waals surface area contributed by atoms with Gasteiger partial charge in [0.25, 0.3) is 0 Å². The Kier molecular flexibility index (Phi) is 4.06. The Hall–Kier alpha value is -1.60. The van der Waals surface area contributed by atoms with Crippen molar-refractivity contribution >= 4 is 44.6 Å². The molecule has 98 valence electrons. The molecule has 0 atom stereocenters. The third-order valence-electron chi connectivity index (χ3n) is 2.30. The topological polar surface area (TPSA) is 50.9 Å². The zero-order valence-corrected chi connectivity index (χ0v) is 11.9. The average molecular weight is 344 g/mol. The average Bonchev–Trinajstić information content (AvgIpc) is 2.34. The molecule has 0 amide bonds. The van der Waals surface area contributed by atoms with Gasteiger partial charge in [-0.05, 0) is 34.1 Å². The number of hydrogen-bond donors (Lipinski definition) is 2. The van der Waals surface area contributed by atoms with Crippen molar-refractivity contribution in [3.05, 3.63) is 52.1 Å². The molecule has 0 saturated heterocycles. The van der Waals surface area contributed by atoms with Crippen LogP contribution < -0.4 is 11.1 Å². The molecule has 0 aliphatic heterocycles. The van der Waals surface area contributed by atoms with E-state index in [4.69, 9.17) is 18.0 Å². The number of nitrogens with one attached hydrogen (secondary N) is 1. The van der Waals surface area contributed by atoms with E-state index in [0.717, 1.165) is 12.1 Å². The van der Waals surface area contributed by atoms with Crippen LogP contribution in [0.3, 0.4) is 0 Å². The second-order valence-corrected chi connectivity index (χ2v) is 4.96. The van der Waals surface area contributed by atoms with Crippen molar-refractivity contribution in [1.82, 2.24) is 4.98 Å². The van der Waals surface area contributed by atoms with Gasteiger partial charge in [0.1, 0.15) is 16.6 Å². The lowest BCUT2D eigenvalue weighted by atomic mass is 10.2. The van der Waals surface area contributed by atoms with Crippen molar-refractivity contribution in [2.45, 2.75) is 0 Å². The monoisotopic (exact) mass is 343 g/mol. The van der Waals surface area contributed by atoms with Crippen LogP contribution in [-0.2, 0) is 0 Å². The first-order valence-electron chi connectivity index (χ1n) is 5.15. The molecular weight excluding hydrogens is 336 g/mol. The number of thiocarbonyl (C=S) groups is 1. The number of aromatic nitrogens is 1. The summed E-state index contributed by atoms with van der Waals surface area (Å²) < 4.78 is 26.9.